The molecule has 0 radical (unpaired) electrons. The van der Waals surface area contributed by atoms with Crippen LogP contribution in [0.5, 0.6) is 0 Å². The van der Waals surface area contributed by atoms with Gasteiger partial charge in [-0.1, -0.05) is 41.7 Å². The highest BCUT2D eigenvalue weighted by Gasteiger charge is 2.19. The van der Waals surface area contributed by atoms with Gasteiger partial charge in [0.1, 0.15) is 5.51 Å². The highest BCUT2D eigenvalue weighted by Crippen LogP contribution is 2.10. The van der Waals surface area contributed by atoms with Crippen LogP contribution < -0.4 is 5.32 Å². The van der Waals surface area contributed by atoms with Gasteiger partial charge >= 0.3 is 0 Å². The van der Waals surface area contributed by atoms with E-state index in [9.17, 15) is 4.79 Å². The van der Waals surface area contributed by atoms with E-state index in [0.717, 1.165) is 32.7 Å². The number of hydrogen-bond donors (Lipinski definition) is 1. The summed E-state index contributed by atoms with van der Waals surface area (Å²) in [6, 6.07) is 10.5. The van der Waals surface area contributed by atoms with Crippen LogP contribution in [-0.4, -0.2) is 58.6 Å². The highest BCUT2D eigenvalue weighted by atomic mass is 32.1. The lowest BCUT2D eigenvalue weighted by Crippen LogP contribution is -2.48. The van der Waals surface area contributed by atoms with E-state index in [1.165, 1.54) is 16.9 Å². The number of rotatable bonds is 5. The maximum atomic E-state index is 11.9. The van der Waals surface area contributed by atoms with Crippen molar-refractivity contribution >= 4 is 22.4 Å². The SMILES string of the molecule is O=C(CN1CCN(Cc2ccccc2)CC1)Nc1nncs1. The summed E-state index contributed by atoms with van der Waals surface area (Å²) in [4.78, 5) is 16.5. The summed E-state index contributed by atoms with van der Waals surface area (Å²) in [5.74, 6) is -0.0201. The van der Waals surface area contributed by atoms with Gasteiger partial charge in [-0.2, -0.15) is 0 Å². The van der Waals surface area contributed by atoms with E-state index in [-0.39, 0.29) is 5.91 Å². The van der Waals surface area contributed by atoms with Crippen LogP contribution in [0.1, 0.15) is 5.56 Å². The molecule has 0 atom stereocenters. The molecule has 0 aliphatic carbocycles. The summed E-state index contributed by atoms with van der Waals surface area (Å²) in [5, 5.41) is 10.9. The average molecular weight is 317 g/mol. The third-order valence-electron chi connectivity index (χ3n) is 3.69. The maximum Gasteiger partial charge on any atom is 0.240 e. The van der Waals surface area contributed by atoms with E-state index in [2.05, 4.69) is 49.6 Å². The Bertz CT molecular complexity index is 581. The Morgan fingerprint density at radius 2 is 1.86 bits per heavy atom. The summed E-state index contributed by atoms with van der Waals surface area (Å²) < 4.78 is 0. The van der Waals surface area contributed by atoms with E-state index in [0.29, 0.717) is 11.7 Å². The van der Waals surface area contributed by atoms with Gasteiger partial charge in [0.05, 0.1) is 6.54 Å². The number of piperazine rings is 1. The predicted molar refractivity (Wildman–Crippen MR) is 86.7 cm³/mol. The third kappa shape index (κ3) is 4.33. The smallest absolute Gasteiger partial charge is 0.240 e. The number of carbonyl (C=O) groups is 1. The van der Waals surface area contributed by atoms with Crippen LogP contribution in [0, 0.1) is 0 Å². The molecule has 3 rings (SSSR count). The number of benzene rings is 1. The Labute approximate surface area is 133 Å². The van der Waals surface area contributed by atoms with Crippen molar-refractivity contribution in [2.24, 2.45) is 0 Å². The molecule has 0 saturated carbocycles. The van der Waals surface area contributed by atoms with Gasteiger partial charge in [0.2, 0.25) is 11.0 Å². The summed E-state index contributed by atoms with van der Waals surface area (Å²) in [6.45, 7) is 5.19. The lowest BCUT2D eigenvalue weighted by atomic mass is 10.2. The fourth-order valence-electron chi connectivity index (χ4n) is 2.54. The molecular weight excluding hydrogens is 298 g/mol. The maximum absolute atomic E-state index is 11.9. The molecule has 1 amide bonds. The molecule has 1 N–H and O–H groups in total. The molecule has 0 unspecified atom stereocenters. The molecule has 1 fully saturated rings. The van der Waals surface area contributed by atoms with Gasteiger partial charge in [0.25, 0.3) is 0 Å². The first-order valence-electron chi connectivity index (χ1n) is 7.34. The molecule has 2 heterocycles. The predicted octanol–water partition coefficient (Wildman–Crippen LogP) is 1.29. The summed E-state index contributed by atoms with van der Waals surface area (Å²) >= 11 is 1.33. The molecule has 1 saturated heterocycles. The van der Waals surface area contributed by atoms with Gasteiger partial charge < -0.3 is 0 Å². The molecule has 0 bridgehead atoms. The van der Waals surface area contributed by atoms with Crippen molar-refractivity contribution in [2.45, 2.75) is 6.54 Å². The first-order valence-corrected chi connectivity index (χ1v) is 8.22. The van der Waals surface area contributed by atoms with Crippen molar-refractivity contribution < 1.29 is 4.79 Å². The Kier molecular flexibility index (Phi) is 5.10. The zero-order chi connectivity index (χ0) is 15.2. The molecule has 0 spiro atoms. The van der Waals surface area contributed by atoms with E-state index in [1.807, 2.05) is 6.07 Å². The van der Waals surface area contributed by atoms with Crippen LogP contribution in [0.4, 0.5) is 5.13 Å². The van der Waals surface area contributed by atoms with Gasteiger partial charge in [0, 0.05) is 32.7 Å². The fraction of sp³-hybridized carbons (Fsp3) is 0.400. The second kappa shape index (κ2) is 7.44. The standard InChI is InChI=1S/C15H19N5OS/c21-14(17-15-18-16-12-22-15)11-20-8-6-19(7-9-20)10-13-4-2-1-3-5-13/h1-5,12H,6-11H2,(H,17,18,21). The quantitative estimate of drug-likeness (QED) is 0.900. The Morgan fingerprint density at radius 3 is 2.55 bits per heavy atom. The molecule has 1 aromatic heterocycles. The summed E-state index contributed by atoms with van der Waals surface area (Å²) in [5.41, 5.74) is 2.95. The van der Waals surface area contributed by atoms with Gasteiger partial charge in [0.15, 0.2) is 0 Å². The molecule has 22 heavy (non-hydrogen) atoms. The summed E-state index contributed by atoms with van der Waals surface area (Å²) in [6.07, 6.45) is 0. The van der Waals surface area contributed by atoms with Crippen molar-refractivity contribution in [2.75, 3.05) is 38.0 Å². The first-order chi connectivity index (χ1) is 10.8. The minimum atomic E-state index is -0.0201. The lowest BCUT2D eigenvalue weighted by molar-refractivity contribution is -0.117. The number of hydrogen-bond acceptors (Lipinski definition) is 6. The normalized spacial score (nSPS) is 16.5. The molecule has 7 heteroatoms. The highest BCUT2D eigenvalue weighted by molar-refractivity contribution is 7.13. The second-order valence-electron chi connectivity index (χ2n) is 5.33. The van der Waals surface area contributed by atoms with Crippen molar-refractivity contribution in [3.8, 4) is 0 Å². The van der Waals surface area contributed by atoms with Crippen LogP contribution in [-0.2, 0) is 11.3 Å². The van der Waals surface area contributed by atoms with Gasteiger partial charge in [-0.15, -0.1) is 10.2 Å². The van der Waals surface area contributed by atoms with Gasteiger partial charge in [-0.3, -0.25) is 19.9 Å². The van der Waals surface area contributed by atoms with E-state index >= 15 is 0 Å². The van der Waals surface area contributed by atoms with Crippen molar-refractivity contribution in [1.29, 1.82) is 0 Å². The Balaban J connectivity index is 1.41. The molecule has 116 valence electrons. The van der Waals surface area contributed by atoms with Crippen LogP contribution in [0.2, 0.25) is 0 Å². The number of nitrogens with zero attached hydrogens (tertiary/aromatic N) is 4. The number of carbonyl (C=O) groups excluding carboxylic acids is 1. The Hall–Kier alpha value is -1.83. The zero-order valence-electron chi connectivity index (χ0n) is 12.3. The molecule has 1 aromatic carbocycles. The second-order valence-corrected chi connectivity index (χ2v) is 6.16. The molecule has 6 nitrogen and oxygen atoms in total. The average Bonchev–Trinajstić information content (AvgIpc) is 3.03. The molecular formula is C15H19N5OS. The molecule has 1 aliphatic rings. The fourth-order valence-corrected chi connectivity index (χ4v) is 3.00. The minimum Gasteiger partial charge on any atom is -0.299 e. The van der Waals surface area contributed by atoms with Crippen molar-refractivity contribution in [3.05, 3.63) is 41.4 Å². The lowest BCUT2D eigenvalue weighted by Gasteiger charge is -2.34. The molecule has 1 aliphatic heterocycles. The monoisotopic (exact) mass is 317 g/mol. The molecule has 2 aromatic rings. The minimum absolute atomic E-state index is 0.0201. The number of anilines is 1. The van der Waals surface area contributed by atoms with Crippen molar-refractivity contribution in [1.82, 2.24) is 20.0 Å². The van der Waals surface area contributed by atoms with E-state index in [1.54, 1.807) is 5.51 Å². The largest absolute Gasteiger partial charge is 0.299 e. The van der Waals surface area contributed by atoms with Crippen LogP contribution >= 0.6 is 11.3 Å². The van der Waals surface area contributed by atoms with Crippen LogP contribution in [0.25, 0.3) is 0 Å². The van der Waals surface area contributed by atoms with Crippen LogP contribution in [0.3, 0.4) is 0 Å². The zero-order valence-corrected chi connectivity index (χ0v) is 13.1. The van der Waals surface area contributed by atoms with E-state index < -0.39 is 0 Å². The number of nitrogens with one attached hydrogen (secondary N) is 1. The number of aromatic nitrogens is 2. The number of amides is 1. The van der Waals surface area contributed by atoms with E-state index in [4.69, 9.17) is 0 Å². The van der Waals surface area contributed by atoms with Crippen molar-refractivity contribution in [3.63, 3.8) is 0 Å². The topological polar surface area (TPSA) is 61.4 Å². The summed E-state index contributed by atoms with van der Waals surface area (Å²) in [7, 11) is 0. The van der Waals surface area contributed by atoms with Gasteiger partial charge in [-0.25, -0.2) is 0 Å². The third-order valence-corrected chi connectivity index (χ3v) is 4.29. The van der Waals surface area contributed by atoms with Crippen LogP contribution in [0.15, 0.2) is 35.8 Å². The first kappa shape index (κ1) is 15.1. The Morgan fingerprint density at radius 1 is 1.14 bits per heavy atom. The van der Waals surface area contributed by atoms with Gasteiger partial charge in [-0.05, 0) is 5.56 Å².